The summed E-state index contributed by atoms with van der Waals surface area (Å²) in [6, 6.07) is 12.8. The third-order valence-electron chi connectivity index (χ3n) is 4.69. The van der Waals surface area contributed by atoms with Gasteiger partial charge in [0.05, 0.1) is 0 Å². The van der Waals surface area contributed by atoms with Gasteiger partial charge in [0.2, 0.25) is 0 Å². The van der Waals surface area contributed by atoms with Crippen molar-refractivity contribution in [1.29, 1.82) is 0 Å². The number of aromatic nitrogens is 2. The molecule has 26 heavy (non-hydrogen) atoms. The summed E-state index contributed by atoms with van der Waals surface area (Å²) in [6.45, 7) is 7.16. The highest BCUT2D eigenvalue weighted by molar-refractivity contribution is 5.48. The first-order chi connectivity index (χ1) is 12.7. The lowest BCUT2D eigenvalue weighted by molar-refractivity contribution is 0.249. The maximum atomic E-state index is 4.48. The molecule has 0 bridgehead atoms. The fourth-order valence-electron chi connectivity index (χ4n) is 3.21. The fraction of sp³-hybridized carbons (Fsp3) is 0.500. The van der Waals surface area contributed by atoms with E-state index in [4.69, 9.17) is 0 Å². The second-order valence-electron chi connectivity index (χ2n) is 7.09. The van der Waals surface area contributed by atoms with Gasteiger partial charge in [0.25, 0.3) is 0 Å². The molecule has 3 rings (SSSR count). The minimum absolute atomic E-state index is 0.917. The molecule has 1 aromatic carbocycles. The van der Waals surface area contributed by atoms with E-state index in [1.807, 2.05) is 0 Å². The number of benzene rings is 1. The molecule has 1 saturated heterocycles. The van der Waals surface area contributed by atoms with Crippen LogP contribution in [0.1, 0.15) is 12.0 Å². The van der Waals surface area contributed by atoms with Gasteiger partial charge in [-0.3, -0.25) is 4.90 Å². The first-order valence-electron chi connectivity index (χ1n) is 9.42. The molecular formula is C20H30N6. The second-order valence-corrected chi connectivity index (χ2v) is 7.09. The van der Waals surface area contributed by atoms with Crippen LogP contribution in [0.5, 0.6) is 0 Å². The fourth-order valence-corrected chi connectivity index (χ4v) is 3.21. The molecule has 0 spiro atoms. The van der Waals surface area contributed by atoms with Gasteiger partial charge in [0.1, 0.15) is 18.0 Å². The van der Waals surface area contributed by atoms with Crippen molar-refractivity contribution in [2.24, 2.45) is 0 Å². The van der Waals surface area contributed by atoms with Gasteiger partial charge in [0.15, 0.2) is 0 Å². The van der Waals surface area contributed by atoms with Crippen LogP contribution in [0, 0.1) is 0 Å². The maximum absolute atomic E-state index is 4.48. The molecule has 2 aromatic rings. The Labute approximate surface area is 156 Å². The minimum Gasteiger partial charge on any atom is -0.370 e. The van der Waals surface area contributed by atoms with Crippen molar-refractivity contribution in [2.75, 3.05) is 63.6 Å². The molecular weight excluding hydrogens is 324 g/mol. The molecule has 0 unspecified atom stereocenters. The molecule has 1 fully saturated rings. The zero-order chi connectivity index (χ0) is 18.2. The zero-order valence-electron chi connectivity index (χ0n) is 15.9. The second kappa shape index (κ2) is 9.50. The molecule has 6 heteroatoms. The number of hydrogen-bond donors (Lipinski definition) is 1. The summed E-state index contributed by atoms with van der Waals surface area (Å²) in [7, 11) is 4.19. The highest BCUT2D eigenvalue weighted by Gasteiger charge is 2.18. The molecule has 6 nitrogen and oxygen atoms in total. The van der Waals surface area contributed by atoms with Gasteiger partial charge in [0, 0.05) is 45.3 Å². The summed E-state index contributed by atoms with van der Waals surface area (Å²) in [5, 5.41) is 3.41. The van der Waals surface area contributed by atoms with Crippen molar-refractivity contribution in [3.8, 4) is 0 Å². The van der Waals surface area contributed by atoms with E-state index >= 15 is 0 Å². The van der Waals surface area contributed by atoms with Crippen molar-refractivity contribution >= 4 is 11.6 Å². The maximum Gasteiger partial charge on any atom is 0.134 e. The lowest BCUT2D eigenvalue weighted by atomic mass is 10.2. The summed E-state index contributed by atoms with van der Waals surface area (Å²) >= 11 is 0. The predicted molar refractivity (Wildman–Crippen MR) is 108 cm³/mol. The summed E-state index contributed by atoms with van der Waals surface area (Å²) in [5.41, 5.74) is 1.38. The molecule has 1 aliphatic heterocycles. The van der Waals surface area contributed by atoms with Crippen molar-refractivity contribution in [3.05, 3.63) is 48.3 Å². The van der Waals surface area contributed by atoms with E-state index in [1.165, 1.54) is 5.56 Å². The van der Waals surface area contributed by atoms with Gasteiger partial charge in [-0.15, -0.1) is 0 Å². The average molecular weight is 355 g/mol. The number of anilines is 2. The third-order valence-corrected chi connectivity index (χ3v) is 4.69. The normalized spacial score (nSPS) is 15.4. The van der Waals surface area contributed by atoms with Gasteiger partial charge < -0.3 is 15.1 Å². The SMILES string of the molecule is CN(C)CCCNc1cc(N2CCN(Cc3ccccc3)CC2)ncn1. The van der Waals surface area contributed by atoms with E-state index in [-0.39, 0.29) is 0 Å². The Hall–Kier alpha value is -2.18. The van der Waals surface area contributed by atoms with E-state index < -0.39 is 0 Å². The van der Waals surface area contributed by atoms with Crippen LogP contribution < -0.4 is 10.2 Å². The lowest BCUT2D eigenvalue weighted by Gasteiger charge is -2.35. The topological polar surface area (TPSA) is 47.5 Å². The summed E-state index contributed by atoms with van der Waals surface area (Å²) in [6.07, 6.45) is 2.77. The van der Waals surface area contributed by atoms with Crippen molar-refractivity contribution in [1.82, 2.24) is 19.8 Å². The van der Waals surface area contributed by atoms with Gasteiger partial charge in [-0.2, -0.15) is 0 Å². The largest absolute Gasteiger partial charge is 0.370 e. The van der Waals surface area contributed by atoms with Crippen LogP contribution in [-0.4, -0.2) is 73.1 Å². The number of rotatable bonds is 8. The van der Waals surface area contributed by atoms with Crippen LogP contribution in [-0.2, 0) is 6.54 Å². The molecule has 0 radical (unpaired) electrons. The summed E-state index contributed by atoms with van der Waals surface area (Å²) < 4.78 is 0. The summed E-state index contributed by atoms with van der Waals surface area (Å²) in [4.78, 5) is 15.9. The molecule has 0 atom stereocenters. The molecule has 140 valence electrons. The zero-order valence-corrected chi connectivity index (χ0v) is 15.9. The van der Waals surface area contributed by atoms with Crippen LogP contribution in [0.2, 0.25) is 0 Å². The van der Waals surface area contributed by atoms with Gasteiger partial charge in [-0.25, -0.2) is 9.97 Å². The first-order valence-corrected chi connectivity index (χ1v) is 9.42. The number of piperazine rings is 1. The van der Waals surface area contributed by atoms with Gasteiger partial charge in [-0.05, 0) is 32.6 Å². The Bertz CT molecular complexity index is 652. The number of nitrogens with zero attached hydrogens (tertiary/aromatic N) is 5. The standard InChI is InChI=1S/C20H30N6/c1-24(2)10-6-9-21-19-15-20(23-17-22-19)26-13-11-25(12-14-26)16-18-7-4-3-5-8-18/h3-5,7-8,15,17H,6,9-14,16H2,1-2H3,(H,21,22,23). The third kappa shape index (κ3) is 5.68. The Kier molecular flexibility index (Phi) is 6.80. The van der Waals surface area contributed by atoms with Crippen molar-refractivity contribution < 1.29 is 0 Å². The van der Waals surface area contributed by atoms with E-state index in [9.17, 15) is 0 Å². The highest BCUT2D eigenvalue weighted by Crippen LogP contribution is 2.17. The van der Waals surface area contributed by atoms with Crippen LogP contribution in [0.15, 0.2) is 42.7 Å². The van der Waals surface area contributed by atoms with E-state index in [0.717, 1.165) is 63.9 Å². The van der Waals surface area contributed by atoms with Gasteiger partial charge >= 0.3 is 0 Å². The Morgan fingerprint density at radius 1 is 1.04 bits per heavy atom. The van der Waals surface area contributed by atoms with E-state index in [0.29, 0.717) is 0 Å². The molecule has 1 aliphatic rings. The van der Waals surface area contributed by atoms with Crippen molar-refractivity contribution in [2.45, 2.75) is 13.0 Å². The minimum atomic E-state index is 0.917. The van der Waals surface area contributed by atoms with E-state index in [1.54, 1.807) is 6.33 Å². The van der Waals surface area contributed by atoms with Crippen molar-refractivity contribution in [3.63, 3.8) is 0 Å². The number of nitrogens with one attached hydrogen (secondary N) is 1. The van der Waals surface area contributed by atoms with Crippen LogP contribution in [0.3, 0.4) is 0 Å². The first kappa shape index (κ1) is 18.6. The lowest BCUT2D eigenvalue weighted by Crippen LogP contribution is -2.46. The predicted octanol–water partition coefficient (Wildman–Crippen LogP) is 2.16. The Morgan fingerprint density at radius 2 is 1.81 bits per heavy atom. The summed E-state index contributed by atoms with van der Waals surface area (Å²) in [5.74, 6) is 1.94. The van der Waals surface area contributed by atoms with E-state index in [2.05, 4.69) is 80.5 Å². The molecule has 2 heterocycles. The van der Waals surface area contributed by atoms with Crippen LogP contribution in [0.4, 0.5) is 11.6 Å². The smallest absolute Gasteiger partial charge is 0.134 e. The molecule has 0 aliphatic carbocycles. The molecule has 0 saturated carbocycles. The average Bonchev–Trinajstić information content (AvgIpc) is 2.67. The number of hydrogen-bond acceptors (Lipinski definition) is 6. The van der Waals surface area contributed by atoms with Crippen LogP contribution in [0.25, 0.3) is 0 Å². The molecule has 0 amide bonds. The molecule has 1 aromatic heterocycles. The van der Waals surface area contributed by atoms with Crippen LogP contribution >= 0.6 is 0 Å². The molecule has 1 N–H and O–H groups in total. The quantitative estimate of drug-likeness (QED) is 0.733. The highest BCUT2D eigenvalue weighted by atomic mass is 15.3. The monoisotopic (exact) mass is 354 g/mol. The Balaban J connectivity index is 1.47. The van der Waals surface area contributed by atoms with Gasteiger partial charge in [-0.1, -0.05) is 30.3 Å². The Morgan fingerprint density at radius 3 is 2.54 bits per heavy atom.